The lowest BCUT2D eigenvalue weighted by Crippen LogP contribution is -2.33. The minimum atomic E-state index is 0.187. The smallest absolute Gasteiger partial charge is 0.0608 e. The van der Waals surface area contributed by atoms with Crippen molar-refractivity contribution in [3.8, 4) is 11.8 Å². The van der Waals surface area contributed by atoms with E-state index >= 15 is 0 Å². The summed E-state index contributed by atoms with van der Waals surface area (Å²) in [6.45, 7) is 11.3. The number of allylic oxidation sites excluding steroid dienone is 1. The van der Waals surface area contributed by atoms with Crippen LogP contribution >= 0.6 is 0 Å². The van der Waals surface area contributed by atoms with Gasteiger partial charge in [0.1, 0.15) is 0 Å². The summed E-state index contributed by atoms with van der Waals surface area (Å²) in [5, 5.41) is 8.79. The molecule has 1 N–H and O–H groups in total. The summed E-state index contributed by atoms with van der Waals surface area (Å²) in [5.74, 6) is 5.94. The summed E-state index contributed by atoms with van der Waals surface area (Å²) < 4.78 is 0. The van der Waals surface area contributed by atoms with Gasteiger partial charge in [-0.1, -0.05) is 18.4 Å². The first-order valence-electron chi connectivity index (χ1n) is 4.57. The zero-order valence-electron chi connectivity index (χ0n) is 8.80. The maximum absolute atomic E-state index is 8.79. The first-order chi connectivity index (χ1) is 6.07. The van der Waals surface area contributed by atoms with E-state index in [1.54, 1.807) is 0 Å². The molecule has 0 aromatic carbocycles. The Morgan fingerprint density at radius 1 is 1.54 bits per heavy atom. The molecule has 13 heavy (non-hydrogen) atoms. The molecule has 0 rings (SSSR count). The quantitative estimate of drug-likeness (QED) is 0.660. The molecule has 74 valence electrons. The van der Waals surface area contributed by atoms with Crippen molar-refractivity contribution >= 4 is 0 Å². The van der Waals surface area contributed by atoms with Crippen LogP contribution in [0.3, 0.4) is 0 Å². The molecule has 0 amide bonds. The predicted octanol–water partition coefficient (Wildman–Crippen LogP) is 1.27. The zero-order valence-corrected chi connectivity index (χ0v) is 8.80. The Hall–Kier alpha value is -0.780. The molecule has 0 aliphatic carbocycles. The molecule has 2 heteroatoms. The fraction of sp³-hybridized carbons (Fsp3) is 0.636. The van der Waals surface area contributed by atoms with Crippen LogP contribution in [0.1, 0.15) is 20.8 Å². The van der Waals surface area contributed by atoms with Crippen LogP contribution in [-0.4, -0.2) is 35.7 Å². The third-order valence-electron chi connectivity index (χ3n) is 1.70. The normalized spacial score (nSPS) is 10.0. The Kier molecular flexibility index (Phi) is 6.30. The molecular weight excluding hydrogens is 162 g/mol. The van der Waals surface area contributed by atoms with Gasteiger partial charge in [-0.15, -0.1) is 0 Å². The summed E-state index contributed by atoms with van der Waals surface area (Å²) in [4.78, 5) is 2.12. The number of nitrogens with zero attached hydrogens (tertiary/aromatic N) is 1. The number of aliphatic hydroxyl groups is 1. The van der Waals surface area contributed by atoms with Gasteiger partial charge >= 0.3 is 0 Å². The lowest BCUT2D eigenvalue weighted by Gasteiger charge is -2.22. The lowest BCUT2D eigenvalue weighted by molar-refractivity contribution is 0.182. The fourth-order valence-electron chi connectivity index (χ4n) is 0.940. The Morgan fingerprint density at radius 2 is 2.15 bits per heavy atom. The van der Waals surface area contributed by atoms with E-state index in [0.717, 1.165) is 5.57 Å². The molecule has 2 nitrogen and oxygen atoms in total. The van der Waals surface area contributed by atoms with Crippen molar-refractivity contribution < 1.29 is 5.11 Å². The summed E-state index contributed by atoms with van der Waals surface area (Å²) in [5.41, 5.74) is 0.882. The molecular formula is C11H19NO. The van der Waals surface area contributed by atoms with Gasteiger partial charge in [-0.3, -0.25) is 4.90 Å². The highest BCUT2D eigenvalue weighted by Crippen LogP contribution is 1.95. The van der Waals surface area contributed by atoms with Crippen molar-refractivity contribution in [2.24, 2.45) is 0 Å². The van der Waals surface area contributed by atoms with Crippen LogP contribution in [0, 0.1) is 11.8 Å². The lowest BCUT2D eigenvalue weighted by atomic mass is 10.3. The Morgan fingerprint density at radius 3 is 2.54 bits per heavy atom. The number of hydrogen-bond donors (Lipinski definition) is 1. The first-order valence-corrected chi connectivity index (χ1v) is 4.57. The highest BCUT2D eigenvalue weighted by Gasteiger charge is 2.05. The van der Waals surface area contributed by atoms with Gasteiger partial charge in [0.25, 0.3) is 0 Å². The van der Waals surface area contributed by atoms with Crippen LogP contribution in [-0.2, 0) is 0 Å². The molecule has 0 atom stereocenters. The van der Waals surface area contributed by atoms with Crippen LogP contribution in [0.15, 0.2) is 12.2 Å². The average Bonchev–Trinajstić information content (AvgIpc) is 2.02. The summed E-state index contributed by atoms with van der Waals surface area (Å²) >= 11 is 0. The van der Waals surface area contributed by atoms with Gasteiger partial charge in [0, 0.05) is 12.6 Å². The van der Waals surface area contributed by atoms with Crippen molar-refractivity contribution in [3.63, 3.8) is 0 Å². The second kappa shape index (κ2) is 6.71. The van der Waals surface area contributed by atoms with Gasteiger partial charge in [-0.05, 0) is 26.3 Å². The van der Waals surface area contributed by atoms with Gasteiger partial charge in [0.05, 0.1) is 13.2 Å². The van der Waals surface area contributed by atoms with E-state index in [-0.39, 0.29) is 6.61 Å². The molecule has 0 radical (unpaired) electrons. The number of aliphatic hydroxyl groups excluding tert-OH is 1. The van der Waals surface area contributed by atoms with Gasteiger partial charge in [-0.2, -0.15) is 0 Å². The number of rotatable bonds is 4. The summed E-state index contributed by atoms with van der Waals surface area (Å²) in [6.07, 6.45) is 0. The maximum Gasteiger partial charge on any atom is 0.0608 e. The maximum atomic E-state index is 8.79. The van der Waals surface area contributed by atoms with Crippen LogP contribution in [0.25, 0.3) is 0 Å². The minimum Gasteiger partial charge on any atom is -0.395 e. The molecule has 0 aromatic heterocycles. The van der Waals surface area contributed by atoms with E-state index in [0.29, 0.717) is 19.1 Å². The average molecular weight is 181 g/mol. The van der Waals surface area contributed by atoms with E-state index in [1.807, 2.05) is 6.92 Å². The predicted molar refractivity (Wildman–Crippen MR) is 56.4 cm³/mol. The molecule has 0 saturated heterocycles. The molecule has 0 unspecified atom stereocenters. The molecule has 0 saturated carbocycles. The monoisotopic (exact) mass is 181 g/mol. The van der Waals surface area contributed by atoms with Crippen molar-refractivity contribution in [2.45, 2.75) is 26.8 Å². The van der Waals surface area contributed by atoms with E-state index in [4.69, 9.17) is 5.11 Å². The van der Waals surface area contributed by atoms with E-state index in [9.17, 15) is 0 Å². The molecule has 0 spiro atoms. The highest BCUT2D eigenvalue weighted by atomic mass is 16.3. The van der Waals surface area contributed by atoms with E-state index < -0.39 is 0 Å². The number of hydrogen-bond acceptors (Lipinski definition) is 2. The van der Waals surface area contributed by atoms with Crippen molar-refractivity contribution in [1.29, 1.82) is 0 Å². The summed E-state index contributed by atoms with van der Waals surface area (Å²) in [7, 11) is 0. The third-order valence-corrected chi connectivity index (χ3v) is 1.70. The molecule has 0 bridgehead atoms. The molecule has 0 aromatic rings. The van der Waals surface area contributed by atoms with E-state index in [2.05, 4.69) is 37.2 Å². The Bertz CT molecular complexity index is 210. The van der Waals surface area contributed by atoms with Crippen LogP contribution in [0.2, 0.25) is 0 Å². The summed E-state index contributed by atoms with van der Waals surface area (Å²) in [6, 6.07) is 0.423. The highest BCUT2D eigenvalue weighted by molar-refractivity contribution is 5.23. The SMILES string of the molecule is C=C(C)C#CCN(CCO)C(C)C. The second-order valence-electron chi connectivity index (χ2n) is 3.37. The van der Waals surface area contributed by atoms with E-state index in [1.165, 1.54) is 0 Å². The van der Waals surface area contributed by atoms with Gasteiger partial charge in [0.2, 0.25) is 0 Å². The Labute approximate surface area is 81.3 Å². The van der Waals surface area contributed by atoms with Crippen molar-refractivity contribution in [3.05, 3.63) is 12.2 Å². The van der Waals surface area contributed by atoms with Crippen LogP contribution < -0.4 is 0 Å². The van der Waals surface area contributed by atoms with Gasteiger partial charge in [0.15, 0.2) is 0 Å². The molecule has 0 heterocycles. The molecule has 0 aliphatic heterocycles. The molecule has 0 fully saturated rings. The van der Waals surface area contributed by atoms with Crippen molar-refractivity contribution in [2.75, 3.05) is 19.7 Å². The minimum absolute atomic E-state index is 0.187. The first kappa shape index (κ1) is 12.2. The largest absolute Gasteiger partial charge is 0.395 e. The molecule has 0 aliphatic rings. The van der Waals surface area contributed by atoms with Gasteiger partial charge < -0.3 is 5.11 Å². The zero-order chi connectivity index (χ0) is 10.3. The van der Waals surface area contributed by atoms with Crippen molar-refractivity contribution in [1.82, 2.24) is 4.90 Å². The van der Waals surface area contributed by atoms with Gasteiger partial charge in [-0.25, -0.2) is 0 Å². The van der Waals surface area contributed by atoms with Crippen LogP contribution in [0.5, 0.6) is 0 Å². The topological polar surface area (TPSA) is 23.5 Å². The third kappa shape index (κ3) is 6.39. The second-order valence-corrected chi connectivity index (χ2v) is 3.37. The van der Waals surface area contributed by atoms with Crippen LogP contribution in [0.4, 0.5) is 0 Å². The standard InChI is InChI=1S/C11H19NO/c1-10(2)6-5-7-12(8-9-13)11(3)4/h11,13H,1,7-9H2,2-4H3. The fourth-order valence-corrected chi connectivity index (χ4v) is 0.940. The Balaban J connectivity index is 3.98.